The van der Waals surface area contributed by atoms with Gasteiger partial charge in [-0.3, -0.25) is 9.89 Å². The van der Waals surface area contributed by atoms with Gasteiger partial charge in [0, 0.05) is 23.2 Å². The van der Waals surface area contributed by atoms with Crippen LogP contribution in [0.2, 0.25) is 0 Å². The van der Waals surface area contributed by atoms with E-state index in [2.05, 4.69) is 20.6 Å². The van der Waals surface area contributed by atoms with Crippen molar-refractivity contribution in [1.82, 2.24) is 19.8 Å². The molecule has 4 aromatic rings. The second-order valence-electron chi connectivity index (χ2n) is 5.61. The summed E-state index contributed by atoms with van der Waals surface area (Å²) in [5.41, 5.74) is -2.40. The van der Waals surface area contributed by atoms with Gasteiger partial charge in [0.15, 0.2) is 17.5 Å². The van der Waals surface area contributed by atoms with Crippen molar-refractivity contribution in [2.75, 3.05) is 5.32 Å². The van der Waals surface area contributed by atoms with Gasteiger partial charge in [0.05, 0.1) is 11.7 Å². The van der Waals surface area contributed by atoms with E-state index in [0.29, 0.717) is 11.9 Å². The number of anilines is 1. The molecule has 0 saturated heterocycles. The van der Waals surface area contributed by atoms with Crippen molar-refractivity contribution in [3.05, 3.63) is 47.8 Å². The van der Waals surface area contributed by atoms with Crippen LogP contribution in [0, 0.1) is 11.6 Å². The molecule has 11 heteroatoms. The molecule has 0 bridgehead atoms. The molecular weight excluding hydrogens is 373 g/mol. The number of aromatic amines is 1. The number of rotatable bonds is 3. The Morgan fingerprint density at radius 3 is 2.67 bits per heavy atom. The van der Waals surface area contributed by atoms with Crippen molar-refractivity contribution in [2.24, 2.45) is 0 Å². The molecule has 0 atom stereocenters. The Morgan fingerprint density at radius 1 is 1.19 bits per heavy atom. The van der Waals surface area contributed by atoms with Crippen LogP contribution in [0.5, 0.6) is 0 Å². The van der Waals surface area contributed by atoms with Crippen molar-refractivity contribution < 1.29 is 26.7 Å². The Bertz CT molecular complexity index is 1190. The summed E-state index contributed by atoms with van der Waals surface area (Å²) in [6.07, 6.45) is -2.40. The third kappa shape index (κ3) is 2.58. The highest BCUT2D eigenvalue weighted by atomic mass is 19.4. The van der Waals surface area contributed by atoms with E-state index in [9.17, 15) is 26.7 Å². The summed E-state index contributed by atoms with van der Waals surface area (Å²) in [6, 6.07) is 4.01. The standard InChI is InChI=1S/C16H8F5N5O/c17-13-12(16(19,20)21)11(9-5-23-24-15(9)14(13)18)7-1-2-26-8(3-7)4-10(25-26)22-6-27/h1-6H,(H,23,24)(H,22,25,27). The number of alkyl halides is 3. The molecule has 0 radical (unpaired) electrons. The van der Waals surface area contributed by atoms with E-state index in [-0.39, 0.29) is 16.8 Å². The van der Waals surface area contributed by atoms with E-state index in [1.54, 1.807) is 0 Å². The van der Waals surface area contributed by atoms with Crippen LogP contribution in [-0.2, 0) is 11.0 Å². The molecule has 0 spiro atoms. The second kappa shape index (κ2) is 5.76. The maximum atomic E-state index is 14.3. The summed E-state index contributed by atoms with van der Waals surface area (Å²) >= 11 is 0. The molecule has 27 heavy (non-hydrogen) atoms. The zero-order valence-electron chi connectivity index (χ0n) is 13.1. The number of benzene rings is 1. The SMILES string of the molecule is O=CNc1cc2cc(-c3c(C(F)(F)F)c(F)c(F)c4[nH]ncc34)ccn2n1. The largest absolute Gasteiger partial charge is 0.419 e. The highest BCUT2D eigenvalue weighted by Crippen LogP contribution is 2.44. The number of hydrogen-bond acceptors (Lipinski definition) is 3. The molecule has 0 fully saturated rings. The average Bonchev–Trinajstić information content (AvgIpc) is 3.22. The lowest BCUT2D eigenvalue weighted by Gasteiger charge is -2.16. The van der Waals surface area contributed by atoms with Gasteiger partial charge in [-0.1, -0.05) is 0 Å². The lowest BCUT2D eigenvalue weighted by atomic mass is 9.95. The fraction of sp³-hybridized carbons (Fsp3) is 0.0625. The highest BCUT2D eigenvalue weighted by molar-refractivity contribution is 5.97. The number of nitrogens with one attached hydrogen (secondary N) is 2. The van der Waals surface area contributed by atoms with Gasteiger partial charge in [-0.25, -0.2) is 13.3 Å². The van der Waals surface area contributed by atoms with Gasteiger partial charge in [-0.15, -0.1) is 0 Å². The van der Waals surface area contributed by atoms with Crippen LogP contribution in [0.15, 0.2) is 30.6 Å². The fourth-order valence-electron chi connectivity index (χ4n) is 2.95. The molecule has 1 aromatic carbocycles. The second-order valence-corrected chi connectivity index (χ2v) is 5.61. The topological polar surface area (TPSA) is 75.1 Å². The quantitative estimate of drug-likeness (QED) is 0.419. The average molecular weight is 381 g/mol. The number of amides is 1. The first-order valence-corrected chi connectivity index (χ1v) is 7.42. The first kappa shape index (κ1) is 16.9. The van der Waals surface area contributed by atoms with Crippen LogP contribution in [0.4, 0.5) is 27.8 Å². The van der Waals surface area contributed by atoms with Crippen LogP contribution in [0.25, 0.3) is 27.5 Å². The summed E-state index contributed by atoms with van der Waals surface area (Å²) in [6.45, 7) is 0. The Hall–Kier alpha value is -3.50. The molecule has 3 heterocycles. The first-order chi connectivity index (χ1) is 12.8. The zero-order chi connectivity index (χ0) is 19.3. The van der Waals surface area contributed by atoms with Gasteiger partial charge in [-0.05, 0) is 17.7 Å². The number of carbonyl (C=O) groups is 1. The minimum Gasteiger partial charge on any atom is -0.312 e. The van der Waals surface area contributed by atoms with Gasteiger partial charge in [0.2, 0.25) is 6.41 Å². The van der Waals surface area contributed by atoms with Crippen molar-refractivity contribution in [3.8, 4) is 11.1 Å². The molecule has 2 N–H and O–H groups in total. The Morgan fingerprint density at radius 2 is 1.96 bits per heavy atom. The normalized spacial score (nSPS) is 12.0. The van der Waals surface area contributed by atoms with E-state index < -0.39 is 34.5 Å². The highest BCUT2D eigenvalue weighted by Gasteiger charge is 2.40. The Kier molecular flexibility index (Phi) is 3.61. The van der Waals surface area contributed by atoms with Gasteiger partial charge in [-0.2, -0.15) is 23.4 Å². The maximum Gasteiger partial charge on any atom is 0.419 e. The molecule has 4 rings (SSSR count). The number of fused-ring (bicyclic) bond motifs is 2. The third-order valence-corrected chi connectivity index (χ3v) is 4.03. The summed E-state index contributed by atoms with van der Waals surface area (Å²) in [5.74, 6) is -3.48. The minimum absolute atomic E-state index is 0.0160. The van der Waals surface area contributed by atoms with E-state index in [1.807, 2.05) is 0 Å². The van der Waals surface area contributed by atoms with Gasteiger partial charge in [0.25, 0.3) is 0 Å². The van der Waals surface area contributed by atoms with E-state index >= 15 is 0 Å². The van der Waals surface area contributed by atoms with Crippen molar-refractivity contribution in [2.45, 2.75) is 6.18 Å². The number of hydrogen-bond donors (Lipinski definition) is 2. The number of halogens is 5. The third-order valence-electron chi connectivity index (χ3n) is 4.03. The van der Waals surface area contributed by atoms with E-state index in [0.717, 1.165) is 6.20 Å². The molecule has 138 valence electrons. The Balaban J connectivity index is 2.06. The molecule has 0 unspecified atom stereocenters. The molecule has 0 aliphatic rings. The molecular formula is C16H8F5N5O. The summed E-state index contributed by atoms with van der Waals surface area (Å²) in [4.78, 5) is 10.5. The molecule has 0 aliphatic heterocycles. The number of aromatic nitrogens is 4. The molecule has 0 saturated carbocycles. The first-order valence-electron chi connectivity index (χ1n) is 7.42. The van der Waals surface area contributed by atoms with Gasteiger partial charge < -0.3 is 5.32 Å². The Labute approximate surface area is 146 Å². The lowest BCUT2D eigenvalue weighted by Crippen LogP contribution is -2.12. The molecule has 6 nitrogen and oxygen atoms in total. The summed E-state index contributed by atoms with van der Waals surface area (Å²) < 4.78 is 70.2. The number of carbonyl (C=O) groups excluding carboxylic acids is 1. The van der Waals surface area contributed by atoms with E-state index in [1.165, 1.54) is 28.9 Å². The number of nitrogens with zero attached hydrogens (tertiary/aromatic N) is 3. The minimum atomic E-state index is -5.14. The monoisotopic (exact) mass is 381 g/mol. The van der Waals surface area contributed by atoms with Crippen LogP contribution < -0.4 is 5.32 Å². The predicted molar refractivity (Wildman–Crippen MR) is 84.9 cm³/mol. The summed E-state index contributed by atoms with van der Waals surface area (Å²) in [5, 5.41) is 11.8. The fourth-order valence-corrected chi connectivity index (χ4v) is 2.95. The lowest BCUT2D eigenvalue weighted by molar-refractivity contribution is -0.139. The van der Waals surface area contributed by atoms with Crippen LogP contribution in [0.3, 0.4) is 0 Å². The number of H-pyrrole nitrogens is 1. The van der Waals surface area contributed by atoms with Crippen LogP contribution >= 0.6 is 0 Å². The number of pyridine rings is 1. The van der Waals surface area contributed by atoms with Gasteiger partial charge >= 0.3 is 6.18 Å². The summed E-state index contributed by atoms with van der Waals surface area (Å²) in [7, 11) is 0. The van der Waals surface area contributed by atoms with Crippen molar-refractivity contribution in [1.29, 1.82) is 0 Å². The predicted octanol–water partition coefficient (Wildman–Crippen LogP) is 3.74. The molecule has 1 amide bonds. The smallest absolute Gasteiger partial charge is 0.312 e. The van der Waals surface area contributed by atoms with E-state index in [4.69, 9.17) is 0 Å². The van der Waals surface area contributed by atoms with Crippen LogP contribution in [-0.4, -0.2) is 26.2 Å². The van der Waals surface area contributed by atoms with Crippen molar-refractivity contribution in [3.63, 3.8) is 0 Å². The molecule has 3 aromatic heterocycles. The zero-order valence-corrected chi connectivity index (χ0v) is 13.1. The van der Waals surface area contributed by atoms with Gasteiger partial charge in [0.1, 0.15) is 11.1 Å². The molecule has 0 aliphatic carbocycles. The van der Waals surface area contributed by atoms with Crippen LogP contribution in [0.1, 0.15) is 5.56 Å². The van der Waals surface area contributed by atoms with Crippen molar-refractivity contribution >= 4 is 28.6 Å². The maximum absolute atomic E-state index is 14.3.